The molecule has 0 unspecified atom stereocenters. The summed E-state index contributed by atoms with van der Waals surface area (Å²) < 4.78 is 11.4. The van der Waals surface area contributed by atoms with Crippen LogP contribution in [-0.2, 0) is 16.9 Å². The van der Waals surface area contributed by atoms with E-state index in [9.17, 15) is 9.59 Å². The van der Waals surface area contributed by atoms with E-state index >= 15 is 0 Å². The van der Waals surface area contributed by atoms with Gasteiger partial charge in [-0.2, -0.15) is 0 Å². The molecule has 6 heteroatoms. The summed E-state index contributed by atoms with van der Waals surface area (Å²) in [4.78, 5) is 27.5. The summed E-state index contributed by atoms with van der Waals surface area (Å²) in [6.45, 7) is 3.10. The first-order valence-corrected chi connectivity index (χ1v) is 10.1. The van der Waals surface area contributed by atoms with Crippen molar-refractivity contribution in [1.29, 1.82) is 0 Å². The number of urea groups is 1. The van der Waals surface area contributed by atoms with Gasteiger partial charge in [0.15, 0.2) is 11.5 Å². The van der Waals surface area contributed by atoms with Crippen LogP contribution in [-0.4, -0.2) is 30.1 Å². The van der Waals surface area contributed by atoms with Gasteiger partial charge in [-0.1, -0.05) is 48.5 Å². The normalized spacial score (nSPS) is 20.9. The van der Waals surface area contributed by atoms with E-state index in [0.717, 1.165) is 22.8 Å². The Balaban J connectivity index is 1.47. The minimum Gasteiger partial charge on any atom is -0.490 e. The van der Waals surface area contributed by atoms with Crippen molar-refractivity contribution in [1.82, 2.24) is 10.2 Å². The zero-order valence-corrected chi connectivity index (χ0v) is 16.7. The predicted octanol–water partition coefficient (Wildman–Crippen LogP) is 3.97. The molecular weight excluding hydrogens is 380 g/mol. The standard InChI is InChI=1S/C24H22N2O4/c1-24(18-10-11-20-21(14-18)30-13-5-12-29-20)22(27)26(23(28)25-24)15-17-8-4-7-16-6-2-3-9-19(16)17/h2-4,6-11,14H,5,12-13,15H2,1H3,(H,25,28)/t24-/m0/s1. The number of nitrogens with zero attached hydrogens (tertiary/aromatic N) is 1. The molecule has 1 N–H and O–H groups in total. The average molecular weight is 402 g/mol. The quantitative estimate of drug-likeness (QED) is 0.673. The van der Waals surface area contributed by atoms with E-state index in [2.05, 4.69) is 5.32 Å². The van der Waals surface area contributed by atoms with Crippen LogP contribution in [0.1, 0.15) is 24.5 Å². The van der Waals surface area contributed by atoms with Gasteiger partial charge >= 0.3 is 6.03 Å². The number of carbonyl (C=O) groups is 2. The average Bonchev–Trinajstić information content (AvgIpc) is 2.93. The molecular formula is C24H22N2O4. The van der Waals surface area contributed by atoms with Crippen LogP contribution >= 0.6 is 0 Å². The van der Waals surface area contributed by atoms with Gasteiger partial charge in [0.1, 0.15) is 5.54 Å². The van der Waals surface area contributed by atoms with E-state index in [1.54, 1.807) is 19.1 Å². The van der Waals surface area contributed by atoms with E-state index in [0.29, 0.717) is 30.3 Å². The van der Waals surface area contributed by atoms with Crippen molar-refractivity contribution < 1.29 is 19.1 Å². The summed E-state index contributed by atoms with van der Waals surface area (Å²) in [5, 5.41) is 4.99. The van der Waals surface area contributed by atoms with Gasteiger partial charge in [-0.15, -0.1) is 0 Å². The molecule has 3 amide bonds. The van der Waals surface area contributed by atoms with Crippen molar-refractivity contribution in [2.45, 2.75) is 25.4 Å². The van der Waals surface area contributed by atoms with Gasteiger partial charge in [0, 0.05) is 6.42 Å². The van der Waals surface area contributed by atoms with E-state index in [1.165, 1.54) is 4.90 Å². The third-order valence-electron chi connectivity index (χ3n) is 5.81. The second kappa shape index (κ2) is 7.06. The smallest absolute Gasteiger partial charge is 0.325 e. The maximum atomic E-state index is 13.4. The molecule has 1 saturated heterocycles. The Bertz CT molecular complexity index is 1150. The van der Waals surface area contributed by atoms with Gasteiger partial charge in [0.25, 0.3) is 5.91 Å². The maximum Gasteiger partial charge on any atom is 0.325 e. The Labute approximate surface area is 174 Å². The Morgan fingerprint density at radius 3 is 2.60 bits per heavy atom. The monoisotopic (exact) mass is 402 g/mol. The molecule has 3 aromatic carbocycles. The molecule has 0 radical (unpaired) electrons. The topological polar surface area (TPSA) is 67.9 Å². The van der Waals surface area contributed by atoms with Crippen LogP contribution < -0.4 is 14.8 Å². The minimum atomic E-state index is -1.16. The predicted molar refractivity (Wildman–Crippen MR) is 112 cm³/mol. The highest BCUT2D eigenvalue weighted by Gasteiger charge is 2.49. The summed E-state index contributed by atoms with van der Waals surface area (Å²) in [6.07, 6.45) is 0.801. The second-order valence-electron chi connectivity index (χ2n) is 7.80. The number of hydrogen-bond donors (Lipinski definition) is 1. The summed E-state index contributed by atoms with van der Waals surface area (Å²) in [5.74, 6) is 0.972. The number of imide groups is 1. The summed E-state index contributed by atoms with van der Waals surface area (Å²) >= 11 is 0. The molecule has 3 aromatic rings. The van der Waals surface area contributed by atoms with Gasteiger partial charge in [0.2, 0.25) is 0 Å². The first-order chi connectivity index (χ1) is 14.6. The summed E-state index contributed by atoms with van der Waals surface area (Å²) in [7, 11) is 0. The highest BCUT2D eigenvalue weighted by Crippen LogP contribution is 2.37. The van der Waals surface area contributed by atoms with Crippen LogP contribution in [0.2, 0.25) is 0 Å². The fourth-order valence-electron chi connectivity index (χ4n) is 4.11. The van der Waals surface area contributed by atoms with Crippen LogP contribution in [0.5, 0.6) is 11.5 Å². The van der Waals surface area contributed by atoms with Crippen molar-refractivity contribution in [2.24, 2.45) is 0 Å². The Morgan fingerprint density at radius 1 is 0.967 bits per heavy atom. The van der Waals surface area contributed by atoms with Gasteiger partial charge in [-0.25, -0.2) is 4.79 Å². The van der Waals surface area contributed by atoms with E-state index in [-0.39, 0.29) is 12.5 Å². The lowest BCUT2D eigenvalue weighted by Crippen LogP contribution is -2.40. The molecule has 2 aliphatic heterocycles. The zero-order chi connectivity index (χ0) is 20.7. The SMILES string of the molecule is C[C@@]1(c2ccc3c(c2)OCCCO3)NC(=O)N(Cc2cccc3ccccc23)C1=O. The Morgan fingerprint density at radius 2 is 1.73 bits per heavy atom. The van der Waals surface area contributed by atoms with Crippen LogP contribution in [0.4, 0.5) is 4.79 Å². The molecule has 0 bridgehead atoms. The molecule has 152 valence electrons. The Kier molecular flexibility index (Phi) is 4.35. The maximum absolute atomic E-state index is 13.4. The lowest BCUT2D eigenvalue weighted by atomic mass is 9.91. The number of benzene rings is 3. The first kappa shape index (κ1) is 18.5. The third kappa shape index (κ3) is 2.96. The number of amides is 3. The lowest BCUT2D eigenvalue weighted by Gasteiger charge is -2.23. The molecule has 1 atom stereocenters. The van der Waals surface area contributed by atoms with Gasteiger partial charge < -0.3 is 14.8 Å². The summed E-state index contributed by atoms with van der Waals surface area (Å²) in [6, 6.07) is 18.9. The third-order valence-corrected chi connectivity index (χ3v) is 5.81. The fourth-order valence-corrected chi connectivity index (χ4v) is 4.11. The van der Waals surface area contributed by atoms with Crippen molar-refractivity contribution in [3.63, 3.8) is 0 Å². The second-order valence-corrected chi connectivity index (χ2v) is 7.80. The van der Waals surface area contributed by atoms with Crippen LogP contribution in [0.3, 0.4) is 0 Å². The number of carbonyl (C=O) groups excluding carboxylic acids is 2. The lowest BCUT2D eigenvalue weighted by molar-refractivity contribution is -0.131. The van der Waals surface area contributed by atoms with Crippen molar-refractivity contribution in [3.8, 4) is 11.5 Å². The van der Waals surface area contributed by atoms with Gasteiger partial charge in [-0.3, -0.25) is 9.69 Å². The van der Waals surface area contributed by atoms with Crippen molar-refractivity contribution >= 4 is 22.7 Å². The molecule has 30 heavy (non-hydrogen) atoms. The van der Waals surface area contributed by atoms with Crippen LogP contribution in [0, 0.1) is 0 Å². The number of hydrogen-bond acceptors (Lipinski definition) is 4. The molecule has 0 spiro atoms. The molecule has 1 fully saturated rings. The van der Waals surface area contributed by atoms with E-state index in [4.69, 9.17) is 9.47 Å². The number of rotatable bonds is 3. The number of fused-ring (bicyclic) bond motifs is 2. The molecule has 2 heterocycles. The zero-order valence-electron chi connectivity index (χ0n) is 16.7. The minimum absolute atomic E-state index is 0.214. The fraction of sp³-hybridized carbons (Fsp3) is 0.250. The molecule has 0 saturated carbocycles. The van der Waals surface area contributed by atoms with Gasteiger partial charge in [0.05, 0.1) is 19.8 Å². The highest BCUT2D eigenvalue weighted by molar-refractivity contribution is 6.07. The summed E-state index contributed by atoms with van der Waals surface area (Å²) in [5.41, 5.74) is 0.442. The van der Waals surface area contributed by atoms with E-state index in [1.807, 2.05) is 48.5 Å². The number of nitrogens with one attached hydrogen (secondary N) is 1. The first-order valence-electron chi connectivity index (χ1n) is 10.1. The number of ether oxygens (including phenoxy) is 2. The largest absolute Gasteiger partial charge is 0.490 e. The molecule has 6 nitrogen and oxygen atoms in total. The molecule has 0 aliphatic carbocycles. The van der Waals surface area contributed by atoms with Crippen molar-refractivity contribution in [2.75, 3.05) is 13.2 Å². The van der Waals surface area contributed by atoms with Crippen LogP contribution in [0.15, 0.2) is 60.7 Å². The van der Waals surface area contributed by atoms with Crippen molar-refractivity contribution in [3.05, 3.63) is 71.8 Å². The van der Waals surface area contributed by atoms with Gasteiger partial charge in [-0.05, 0) is 41.0 Å². The molecule has 0 aromatic heterocycles. The molecule has 2 aliphatic rings. The van der Waals surface area contributed by atoms with E-state index < -0.39 is 11.6 Å². The highest BCUT2D eigenvalue weighted by atomic mass is 16.5. The Hall–Kier alpha value is -3.54. The van der Waals surface area contributed by atoms with Crippen LogP contribution in [0.25, 0.3) is 10.8 Å². The molecule has 5 rings (SSSR count).